The van der Waals surface area contributed by atoms with Crippen LogP contribution in [-0.2, 0) is 14.8 Å². The smallest absolute Gasteiger partial charge is 0.270 e. The van der Waals surface area contributed by atoms with Gasteiger partial charge in [-0.25, -0.2) is 13.1 Å². The topological polar surface area (TPSA) is 110 Å². The van der Waals surface area contributed by atoms with Crippen molar-refractivity contribution < 1.29 is 18.1 Å². The molecule has 3 aliphatic rings. The molecular formula is C22H31N3O5S. The minimum atomic E-state index is -3.88. The highest BCUT2D eigenvalue weighted by Crippen LogP contribution is 2.52. The second kappa shape index (κ2) is 8.50. The molecule has 0 unspecified atom stereocenters. The van der Waals surface area contributed by atoms with E-state index in [1.807, 2.05) is 0 Å². The number of carbonyl (C=O) groups excluding carboxylic acids is 1. The van der Waals surface area contributed by atoms with E-state index in [1.165, 1.54) is 18.2 Å². The molecule has 0 radical (unpaired) electrons. The van der Waals surface area contributed by atoms with Crippen molar-refractivity contribution in [2.45, 2.75) is 81.2 Å². The molecule has 9 heteroatoms. The summed E-state index contributed by atoms with van der Waals surface area (Å²) in [6.07, 6.45) is 7.75. The Morgan fingerprint density at radius 2 is 2.06 bits per heavy atom. The third-order valence-corrected chi connectivity index (χ3v) is 9.10. The van der Waals surface area contributed by atoms with Gasteiger partial charge in [-0.05, 0) is 62.8 Å². The van der Waals surface area contributed by atoms with E-state index in [1.54, 1.807) is 0 Å². The highest BCUT2D eigenvalue weighted by atomic mass is 32.2. The van der Waals surface area contributed by atoms with Gasteiger partial charge in [-0.15, -0.1) is 0 Å². The van der Waals surface area contributed by atoms with Crippen LogP contribution in [0.15, 0.2) is 29.2 Å². The first kappa shape index (κ1) is 22.2. The van der Waals surface area contributed by atoms with E-state index in [0.717, 1.165) is 57.6 Å². The molecule has 1 N–H and O–H groups in total. The van der Waals surface area contributed by atoms with Crippen LogP contribution in [0.25, 0.3) is 0 Å². The molecule has 1 aromatic rings. The second-order valence-electron chi connectivity index (χ2n) is 9.22. The quantitative estimate of drug-likeness (QED) is 0.527. The van der Waals surface area contributed by atoms with Crippen molar-refractivity contribution in [3.8, 4) is 0 Å². The molecule has 8 nitrogen and oxygen atoms in total. The monoisotopic (exact) mass is 449 g/mol. The zero-order valence-corrected chi connectivity index (χ0v) is 18.8. The minimum absolute atomic E-state index is 0.0734. The Morgan fingerprint density at radius 3 is 2.81 bits per heavy atom. The van der Waals surface area contributed by atoms with Gasteiger partial charge in [0.25, 0.3) is 5.69 Å². The van der Waals surface area contributed by atoms with Crippen LogP contribution in [0.5, 0.6) is 0 Å². The van der Waals surface area contributed by atoms with Crippen molar-refractivity contribution >= 4 is 21.6 Å². The average molecular weight is 450 g/mol. The van der Waals surface area contributed by atoms with Gasteiger partial charge in [0.1, 0.15) is 0 Å². The molecule has 0 bridgehead atoms. The van der Waals surface area contributed by atoms with Gasteiger partial charge >= 0.3 is 0 Å². The summed E-state index contributed by atoms with van der Waals surface area (Å²) < 4.78 is 29.2. The fraction of sp³-hybridized carbons (Fsp3) is 0.682. The van der Waals surface area contributed by atoms with Gasteiger partial charge in [0.15, 0.2) is 0 Å². The first-order chi connectivity index (χ1) is 14.8. The fourth-order valence-electron chi connectivity index (χ4n) is 6.41. The van der Waals surface area contributed by atoms with Gasteiger partial charge in [0.2, 0.25) is 15.9 Å². The van der Waals surface area contributed by atoms with Gasteiger partial charge in [-0.3, -0.25) is 14.9 Å². The van der Waals surface area contributed by atoms with Gasteiger partial charge in [-0.1, -0.05) is 19.4 Å². The van der Waals surface area contributed by atoms with Crippen LogP contribution < -0.4 is 4.72 Å². The maximum atomic E-state index is 13.1. The second-order valence-corrected chi connectivity index (χ2v) is 10.9. The molecule has 1 spiro atoms. The summed E-state index contributed by atoms with van der Waals surface area (Å²) >= 11 is 0. The van der Waals surface area contributed by atoms with Gasteiger partial charge in [0.05, 0.1) is 9.82 Å². The highest BCUT2D eigenvalue weighted by Gasteiger charge is 2.56. The molecule has 1 amide bonds. The molecule has 4 rings (SSSR count). The number of benzene rings is 1. The van der Waals surface area contributed by atoms with Crippen LogP contribution in [0.3, 0.4) is 0 Å². The van der Waals surface area contributed by atoms with Crippen LogP contribution in [0, 0.1) is 22.0 Å². The molecule has 31 heavy (non-hydrogen) atoms. The van der Waals surface area contributed by atoms with Crippen molar-refractivity contribution in [1.29, 1.82) is 0 Å². The number of carbonyl (C=O) groups is 1. The number of amides is 1. The van der Waals surface area contributed by atoms with Crippen molar-refractivity contribution in [2.24, 2.45) is 11.8 Å². The van der Waals surface area contributed by atoms with Crippen LogP contribution >= 0.6 is 0 Å². The molecule has 4 atom stereocenters. The minimum Gasteiger partial charge on any atom is -0.337 e. The van der Waals surface area contributed by atoms with E-state index >= 15 is 0 Å². The fourth-order valence-corrected chi connectivity index (χ4v) is 7.77. The summed E-state index contributed by atoms with van der Waals surface area (Å²) in [5.74, 6) is 0.692. The molecule has 1 aromatic carbocycles. The molecule has 1 saturated carbocycles. The lowest BCUT2D eigenvalue weighted by Gasteiger charge is -2.53. The Balaban J connectivity index is 1.63. The lowest BCUT2D eigenvalue weighted by Crippen LogP contribution is -2.60. The normalized spacial score (nSPS) is 31.1. The predicted molar refractivity (Wildman–Crippen MR) is 116 cm³/mol. The predicted octanol–water partition coefficient (Wildman–Crippen LogP) is 3.61. The number of non-ortho nitro benzene ring substituents is 1. The maximum Gasteiger partial charge on any atom is 0.270 e. The molecule has 0 aromatic heterocycles. The third kappa shape index (κ3) is 3.98. The lowest BCUT2D eigenvalue weighted by molar-refractivity contribution is -0.385. The van der Waals surface area contributed by atoms with Crippen molar-refractivity contribution in [3.05, 3.63) is 34.4 Å². The van der Waals surface area contributed by atoms with E-state index in [2.05, 4.69) is 16.5 Å². The molecule has 2 aliphatic heterocycles. The first-order valence-electron chi connectivity index (χ1n) is 11.4. The molecule has 2 saturated heterocycles. The largest absolute Gasteiger partial charge is 0.337 e. The Bertz CT molecular complexity index is 966. The Kier molecular flexibility index (Phi) is 6.09. The molecule has 1 aliphatic carbocycles. The van der Waals surface area contributed by atoms with E-state index in [0.29, 0.717) is 12.8 Å². The Morgan fingerprint density at radius 1 is 1.26 bits per heavy atom. The van der Waals surface area contributed by atoms with Crippen LogP contribution in [0.1, 0.15) is 64.7 Å². The number of hydrogen-bond acceptors (Lipinski definition) is 5. The van der Waals surface area contributed by atoms with Crippen molar-refractivity contribution in [1.82, 2.24) is 9.62 Å². The first-order valence-corrected chi connectivity index (χ1v) is 12.8. The number of nitro benzene ring substituents is 1. The lowest BCUT2D eigenvalue weighted by atomic mass is 9.61. The summed E-state index contributed by atoms with van der Waals surface area (Å²) in [4.78, 5) is 25.3. The van der Waals surface area contributed by atoms with Gasteiger partial charge in [0, 0.05) is 36.7 Å². The number of nitro groups is 1. The van der Waals surface area contributed by atoms with Crippen LogP contribution in [-0.4, -0.2) is 42.3 Å². The number of hydrogen-bond donors (Lipinski definition) is 1. The van der Waals surface area contributed by atoms with Crippen LogP contribution in [0.4, 0.5) is 5.69 Å². The zero-order valence-electron chi connectivity index (χ0n) is 18.0. The molecule has 2 heterocycles. The standard InChI is InChI=1S/C22H31N3O5S/c1-2-6-18-19-9-4-10-21(26)24-14-5-12-22(19,24)13-11-20(18)23-31(29,30)17-8-3-7-16(15-17)25(27)28/h3,7-8,15,18-20,23H,2,4-6,9-14H2,1H3/t18-,19+,20+,22-/m1/s1. The van der Waals surface area contributed by atoms with E-state index in [4.69, 9.17) is 0 Å². The maximum absolute atomic E-state index is 13.1. The van der Waals surface area contributed by atoms with E-state index in [9.17, 15) is 23.3 Å². The molecular weight excluding hydrogens is 418 g/mol. The summed E-state index contributed by atoms with van der Waals surface area (Å²) in [6.45, 7) is 2.93. The molecule has 170 valence electrons. The Labute approximate surface area is 183 Å². The summed E-state index contributed by atoms with van der Waals surface area (Å²) in [7, 11) is -3.88. The zero-order chi connectivity index (χ0) is 22.2. The molecule has 3 fully saturated rings. The van der Waals surface area contributed by atoms with E-state index < -0.39 is 14.9 Å². The number of rotatable bonds is 6. The number of nitrogens with zero attached hydrogens (tertiary/aromatic N) is 2. The summed E-state index contributed by atoms with van der Waals surface area (Å²) in [5, 5.41) is 11.1. The van der Waals surface area contributed by atoms with Crippen molar-refractivity contribution in [3.63, 3.8) is 0 Å². The highest BCUT2D eigenvalue weighted by molar-refractivity contribution is 7.89. The Hall–Kier alpha value is -2.00. The van der Waals surface area contributed by atoms with Gasteiger partial charge in [-0.2, -0.15) is 0 Å². The van der Waals surface area contributed by atoms with Gasteiger partial charge < -0.3 is 4.90 Å². The van der Waals surface area contributed by atoms with Crippen LogP contribution in [0.2, 0.25) is 0 Å². The SMILES string of the molecule is CCC[C@H]1[C@@H](NS(=O)(=O)c2cccc([N+](=O)[O-])c2)CC[C@@]23CCCN2C(=O)CCC[C@@H]13. The third-order valence-electron chi connectivity index (χ3n) is 7.62. The van der Waals surface area contributed by atoms with Crippen molar-refractivity contribution in [2.75, 3.05) is 6.54 Å². The number of sulfonamides is 1. The average Bonchev–Trinajstić information content (AvgIpc) is 3.11. The number of nitrogens with one attached hydrogen (secondary N) is 1. The van der Waals surface area contributed by atoms with E-state index in [-0.39, 0.29) is 39.9 Å². The summed E-state index contributed by atoms with van der Waals surface area (Å²) in [6, 6.07) is 4.98. The summed E-state index contributed by atoms with van der Waals surface area (Å²) in [5.41, 5.74) is -0.361.